The van der Waals surface area contributed by atoms with Crippen molar-refractivity contribution in [2.45, 2.75) is 26.9 Å². The van der Waals surface area contributed by atoms with E-state index in [2.05, 4.69) is 10.9 Å². The number of carbonyl (C=O) groups is 3. The number of ketones is 1. The molecule has 0 spiro atoms. The first-order chi connectivity index (χ1) is 13.8. The summed E-state index contributed by atoms with van der Waals surface area (Å²) < 4.78 is 16.1. The average Bonchev–Trinajstić information content (AvgIpc) is 2.72. The monoisotopic (exact) mass is 400 g/mol. The molecule has 8 nitrogen and oxygen atoms in total. The molecule has 0 aliphatic heterocycles. The molecule has 2 rings (SSSR count). The van der Waals surface area contributed by atoms with E-state index in [1.165, 1.54) is 20.1 Å². The number of hydrogen-bond acceptors (Lipinski definition) is 6. The van der Waals surface area contributed by atoms with Gasteiger partial charge in [-0.05, 0) is 63.2 Å². The Morgan fingerprint density at radius 1 is 0.966 bits per heavy atom. The third-order valence-corrected chi connectivity index (χ3v) is 3.97. The topological polar surface area (TPSA) is 103 Å². The predicted molar refractivity (Wildman–Crippen MR) is 106 cm³/mol. The summed E-state index contributed by atoms with van der Waals surface area (Å²) in [7, 11) is 1.48. The number of ether oxygens (including phenoxy) is 3. The summed E-state index contributed by atoms with van der Waals surface area (Å²) in [5, 5.41) is 0. The Labute approximate surface area is 169 Å². The summed E-state index contributed by atoms with van der Waals surface area (Å²) in [6.07, 6.45) is -0.867. The minimum atomic E-state index is -0.867. The van der Waals surface area contributed by atoms with Crippen molar-refractivity contribution in [2.75, 3.05) is 13.7 Å². The number of methoxy groups -OCH3 is 1. The molecule has 2 aromatic rings. The molecule has 0 aliphatic rings. The van der Waals surface area contributed by atoms with Crippen LogP contribution in [0.4, 0.5) is 0 Å². The van der Waals surface area contributed by atoms with E-state index in [1.54, 1.807) is 43.3 Å². The summed E-state index contributed by atoms with van der Waals surface area (Å²) in [5.41, 5.74) is 5.49. The third-order valence-electron chi connectivity index (χ3n) is 3.97. The summed E-state index contributed by atoms with van der Waals surface area (Å²) in [5.74, 6) is 0.255. The van der Waals surface area contributed by atoms with Gasteiger partial charge in [0, 0.05) is 11.1 Å². The maximum atomic E-state index is 12.3. The molecule has 0 saturated heterocycles. The largest absolute Gasteiger partial charge is 0.493 e. The fourth-order valence-electron chi connectivity index (χ4n) is 2.40. The summed E-state index contributed by atoms with van der Waals surface area (Å²) in [4.78, 5) is 35.7. The van der Waals surface area contributed by atoms with Crippen molar-refractivity contribution in [1.29, 1.82) is 0 Å². The minimum Gasteiger partial charge on any atom is -0.493 e. The number of Topliss-reactive ketones (excluding diaryl/α,β-unsaturated/α-hetero) is 1. The second-order valence-electron chi connectivity index (χ2n) is 6.08. The number of hydrogen-bond donors (Lipinski definition) is 2. The van der Waals surface area contributed by atoms with Gasteiger partial charge in [-0.3, -0.25) is 25.2 Å². The van der Waals surface area contributed by atoms with Crippen LogP contribution >= 0.6 is 0 Å². The van der Waals surface area contributed by atoms with E-state index in [1.807, 2.05) is 6.92 Å². The number of benzene rings is 2. The molecule has 0 radical (unpaired) electrons. The Morgan fingerprint density at radius 3 is 2.21 bits per heavy atom. The molecule has 0 fully saturated rings. The molecule has 2 amide bonds. The van der Waals surface area contributed by atoms with Gasteiger partial charge in [-0.2, -0.15) is 0 Å². The third kappa shape index (κ3) is 5.97. The maximum Gasteiger partial charge on any atom is 0.279 e. The highest BCUT2D eigenvalue weighted by Crippen LogP contribution is 2.27. The standard InChI is InChI=1S/C21H24N2O6/c1-5-28-18-11-8-16(12-19(18)27-4)21(26)23-22-20(25)14(3)29-17-9-6-15(7-10-17)13(2)24/h6-12,14H,5H2,1-4H3,(H,22,25)(H,23,26). The van der Waals surface area contributed by atoms with Crippen LogP contribution < -0.4 is 25.1 Å². The van der Waals surface area contributed by atoms with Gasteiger partial charge < -0.3 is 14.2 Å². The van der Waals surface area contributed by atoms with Crippen LogP contribution in [0.2, 0.25) is 0 Å². The van der Waals surface area contributed by atoms with Gasteiger partial charge in [0.1, 0.15) is 5.75 Å². The van der Waals surface area contributed by atoms with Crippen molar-refractivity contribution >= 4 is 17.6 Å². The zero-order valence-electron chi connectivity index (χ0n) is 16.8. The highest BCUT2D eigenvalue weighted by molar-refractivity contribution is 5.96. The molecule has 154 valence electrons. The van der Waals surface area contributed by atoms with Crippen LogP contribution in [0.1, 0.15) is 41.5 Å². The van der Waals surface area contributed by atoms with Crippen LogP contribution in [0.3, 0.4) is 0 Å². The van der Waals surface area contributed by atoms with E-state index in [9.17, 15) is 14.4 Å². The summed E-state index contributed by atoms with van der Waals surface area (Å²) in [6.45, 7) is 5.32. The summed E-state index contributed by atoms with van der Waals surface area (Å²) >= 11 is 0. The number of rotatable bonds is 8. The molecule has 0 aromatic heterocycles. The highest BCUT2D eigenvalue weighted by Gasteiger charge is 2.17. The van der Waals surface area contributed by atoms with E-state index in [0.717, 1.165) is 0 Å². The summed E-state index contributed by atoms with van der Waals surface area (Å²) in [6, 6.07) is 11.1. The van der Waals surface area contributed by atoms with Crippen molar-refractivity contribution in [3.8, 4) is 17.2 Å². The zero-order chi connectivity index (χ0) is 21.4. The van der Waals surface area contributed by atoms with Crippen molar-refractivity contribution in [1.82, 2.24) is 10.9 Å². The second kappa shape index (κ2) is 10.1. The number of nitrogens with one attached hydrogen (secondary N) is 2. The van der Waals surface area contributed by atoms with Crippen molar-refractivity contribution < 1.29 is 28.6 Å². The molecule has 0 heterocycles. The van der Waals surface area contributed by atoms with Crippen molar-refractivity contribution in [3.05, 3.63) is 53.6 Å². The molecule has 0 bridgehead atoms. The smallest absolute Gasteiger partial charge is 0.279 e. The van der Waals surface area contributed by atoms with Gasteiger partial charge in [-0.1, -0.05) is 0 Å². The first-order valence-corrected chi connectivity index (χ1v) is 9.04. The minimum absolute atomic E-state index is 0.0593. The Balaban J connectivity index is 1.92. The van der Waals surface area contributed by atoms with Gasteiger partial charge in [0.25, 0.3) is 11.8 Å². The van der Waals surface area contributed by atoms with Gasteiger partial charge in [-0.15, -0.1) is 0 Å². The number of carbonyl (C=O) groups excluding carboxylic acids is 3. The molecule has 0 aliphatic carbocycles. The van der Waals surface area contributed by atoms with Gasteiger partial charge >= 0.3 is 0 Å². The molecular weight excluding hydrogens is 376 g/mol. The molecule has 1 atom stereocenters. The second-order valence-corrected chi connectivity index (χ2v) is 6.08. The van der Waals surface area contributed by atoms with E-state index >= 15 is 0 Å². The van der Waals surface area contributed by atoms with Gasteiger partial charge in [0.05, 0.1) is 13.7 Å². The molecular formula is C21H24N2O6. The van der Waals surface area contributed by atoms with Crippen LogP contribution in [0, 0.1) is 0 Å². The lowest BCUT2D eigenvalue weighted by Crippen LogP contribution is -2.47. The Morgan fingerprint density at radius 2 is 1.62 bits per heavy atom. The average molecular weight is 400 g/mol. The lowest BCUT2D eigenvalue weighted by molar-refractivity contribution is -0.128. The Bertz CT molecular complexity index is 879. The predicted octanol–water partition coefficient (Wildman–Crippen LogP) is 2.53. The lowest BCUT2D eigenvalue weighted by atomic mass is 10.1. The first-order valence-electron chi connectivity index (χ1n) is 9.04. The Hall–Kier alpha value is -3.55. The molecule has 2 aromatic carbocycles. The van der Waals surface area contributed by atoms with E-state index in [0.29, 0.717) is 35.0 Å². The lowest BCUT2D eigenvalue weighted by Gasteiger charge is -2.16. The zero-order valence-corrected chi connectivity index (χ0v) is 16.8. The van der Waals surface area contributed by atoms with E-state index < -0.39 is 17.9 Å². The first kappa shape index (κ1) is 21.7. The van der Waals surface area contributed by atoms with Crippen LogP contribution in [-0.2, 0) is 4.79 Å². The number of hydrazine groups is 1. The molecule has 1 unspecified atom stereocenters. The highest BCUT2D eigenvalue weighted by atomic mass is 16.5. The SMILES string of the molecule is CCOc1ccc(C(=O)NNC(=O)C(C)Oc2ccc(C(C)=O)cc2)cc1OC. The van der Waals surface area contributed by atoms with Crippen molar-refractivity contribution in [2.24, 2.45) is 0 Å². The normalized spacial score (nSPS) is 11.2. The van der Waals surface area contributed by atoms with Gasteiger partial charge in [-0.25, -0.2) is 0 Å². The number of amides is 2. The Kier molecular flexibility index (Phi) is 7.59. The van der Waals surface area contributed by atoms with E-state index in [-0.39, 0.29) is 5.78 Å². The van der Waals surface area contributed by atoms with Gasteiger partial charge in [0.15, 0.2) is 23.4 Å². The van der Waals surface area contributed by atoms with Crippen LogP contribution in [0.25, 0.3) is 0 Å². The van der Waals surface area contributed by atoms with Gasteiger partial charge in [0.2, 0.25) is 0 Å². The van der Waals surface area contributed by atoms with Crippen LogP contribution in [0.15, 0.2) is 42.5 Å². The molecule has 29 heavy (non-hydrogen) atoms. The van der Waals surface area contributed by atoms with Crippen LogP contribution in [-0.4, -0.2) is 37.4 Å². The van der Waals surface area contributed by atoms with Crippen molar-refractivity contribution in [3.63, 3.8) is 0 Å². The quantitative estimate of drug-likeness (QED) is 0.521. The van der Waals surface area contributed by atoms with Crippen LogP contribution in [0.5, 0.6) is 17.2 Å². The van der Waals surface area contributed by atoms with E-state index in [4.69, 9.17) is 14.2 Å². The fourth-order valence-corrected chi connectivity index (χ4v) is 2.40. The molecule has 0 saturated carbocycles. The molecule has 8 heteroatoms. The molecule has 2 N–H and O–H groups in total. The maximum absolute atomic E-state index is 12.3. The fraction of sp³-hybridized carbons (Fsp3) is 0.286.